The van der Waals surface area contributed by atoms with Gasteiger partial charge in [-0.1, -0.05) is 26.8 Å². The molecule has 0 radical (unpaired) electrons. The molecule has 3 rings (SSSR count). The van der Waals surface area contributed by atoms with Crippen molar-refractivity contribution in [2.24, 2.45) is 0 Å². The molecule has 1 atom stereocenters. The second-order valence-corrected chi connectivity index (χ2v) is 9.74. The Labute approximate surface area is 197 Å². The van der Waals surface area contributed by atoms with Crippen molar-refractivity contribution in [3.63, 3.8) is 0 Å². The van der Waals surface area contributed by atoms with Gasteiger partial charge in [-0.15, -0.1) is 0 Å². The highest BCUT2D eigenvalue weighted by Crippen LogP contribution is 2.39. The Hall–Kier alpha value is -3.39. The van der Waals surface area contributed by atoms with Crippen LogP contribution in [-0.4, -0.2) is 28.5 Å². The molecule has 2 N–H and O–H groups in total. The Balaban J connectivity index is 1.96. The number of nitrogens with one attached hydrogen (secondary N) is 2. The molecule has 7 nitrogen and oxygen atoms in total. The van der Waals surface area contributed by atoms with Gasteiger partial charge in [0.25, 0.3) is 5.91 Å². The Kier molecular flexibility index (Phi) is 7.38. The summed E-state index contributed by atoms with van der Waals surface area (Å²) in [6, 6.07) is 12.5. The van der Waals surface area contributed by atoms with E-state index in [0.29, 0.717) is 34.2 Å². The number of rotatable bonds is 7. The molecule has 8 heteroatoms. The standard InChI is InChI=1S/C25H29N3O4S/c1-16-7-8-17(13-22(16)32-19-9-11-26-12-10-19)24(29)27-20-14-18(25(2,3)4)15-21(23(20)31-5)28-33(6)30/h7-15,28H,1-6H3,(H,27,29). The molecular weight excluding hydrogens is 438 g/mol. The Bertz CT molecular complexity index is 1170. The lowest BCUT2D eigenvalue weighted by Gasteiger charge is -2.24. The molecule has 174 valence electrons. The maximum absolute atomic E-state index is 13.2. The Morgan fingerprint density at radius 2 is 1.70 bits per heavy atom. The van der Waals surface area contributed by atoms with Crippen molar-refractivity contribution in [3.8, 4) is 17.2 Å². The summed E-state index contributed by atoms with van der Waals surface area (Å²) in [6.45, 7) is 8.11. The fourth-order valence-electron chi connectivity index (χ4n) is 3.18. The number of hydrogen-bond acceptors (Lipinski definition) is 5. The van der Waals surface area contributed by atoms with Gasteiger partial charge in [-0.3, -0.25) is 9.78 Å². The first-order chi connectivity index (χ1) is 15.6. The average Bonchev–Trinajstić information content (AvgIpc) is 2.74. The molecule has 0 spiro atoms. The summed E-state index contributed by atoms with van der Waals surface area (Å²) in [5.41, 5.74) is 3.12. The van der Waals surface area contributed by atoms with Crippen LogP contribution >= 0.6 is 0 Å². The van der Waals surface area contributed by atoms with E-state index < -0.39 is 11.0 Å². The van der Waals surface area contributed by atoms with Crippen LogP contribution in [-0.2, 0) is 16.4 Å². The predicted molar refractivity (Wildman–Crippen MR) is 133 cm³/mol. The average molecular weight is 468 g/mol. The summed E-state index contributed by atoms with van der Waals surface area (Å²) >= 11 is 0. The minimum atomic E-state index is -1.31. The molecule has 33 heavy (non-hydrogen) atoms. The molecule has 1 heterocycles. The Morgan fingerprint density at radius 1 is 1.03 bits per heavy atom. The molecular formula is C25H29N3O4S. The topological polar surface area (TPSA) is 89.6 Å². The highest BCUT2D eigenvalue weighted by molar-refractivity contribution is 7.85. The van der Waals surface area contributed by atoms with Crippen LogP contribution in [0.1, 0.15) is 42.3 Å². The molecule has 0 bridgehead atoms. The van der Waals surface area contributed by atoms with Crippen molar-refractivity contribution >= 4 is 28.3 Å². The summed E-state index contributed by atoms with van der Waals surface area (Å²) in [7, 11) is 0.203. The van der Waals surface area contributed by atoms with E-state index in [2.05, 4.69) is 35.8 Å². The van der Waals surface area contributed by atoms with Crippen molar-refractivity contribution in [1.29, 1.82) is 0 Å². The highest BCUT2D eigenvalue weighted by Gasteiger charge is 2.22. The quantitative estimate of drug-likeness (QED) is 0.483. The lowest BCUT2D eigenvalue weighted by Crippen LogP contribution is -2.17. The van der Waals surface area contributed by atoms with Crippen LogP contribution in [0.4, 0.5) is 11.4 Å². The molecule has 0 aliphatic rings. The third-order valence-corrected chi connectivity index (χ3v) is 5.50. The largest absolute Gasteiger partial charge is 0.492 e. The minimum Gasteiger partial charge on any atom is -0.492 e. The van der Waals surface area contributed by atoms with Crippen LogP contribution in [0, 0.1) is 6.92 Å². The van der Waals surface area contributed by atoms with Crippen LogP contribution in [0.25, 0.3) is 0 Å². The zero-order valence-electron chi connectivity index (χ0n) is 19.7. The number of carbonyl (C=O) groups excluding carboxylic acids is 1. The first-order valence-electron chi connectivity index (χ1n) is 10.4. The smallest absolute Gasteiger partial charge is 0.255 e. The number of hydrogen-bond donors (Lipinski definition) is 2. The number of nitrogens with zero attached hydrogens (tertiary/aromatic N) is 1. The van der Waals surface area contributed by atoms with Crippen molar-refractivity contribution in [2.75, 3.05) is 23.4 Å². The van der Waals surface area contributed by atoms with Crippen LogP contribution in [0.5, 0.6) is 17.2 Å². The molecule has 0 fully saturated rings. The molecule has 1 amide bonds. The third-order valence-electron chi connectivity index (χ3n) is 4.99. The summed E-state index contributed by atoms with van der Waals surface area (Å²) in [6.07, 6.45) is 4.83. The number of amides is 1. The molecule has 2 aromatic carbocycles. The molecule has 0 aliphatic carbocycles. The summed E-state index contributed by atoms with van der Waals surface area (Å²) in [4.78, 5) is 17.2. The maximum atomic E-state index is 13.2. The lowest BCUT2D eigenvalue weighted by atomic mass is 9.86. The monoisotopic (exact) mass is 467 g/mol. The number of aromatic nitrogens is 1. The second kappa shape index (κ2) is 10.0. The normalized spacial score (nSPS) is 12.1. The molecule has 0 aliphatic heterocycles. The SMILES string of the molecule is COc1c(NC(=O)c2ccc(C)c(Oc3ccncc3)c2)cc(C(C)(C)C)cc1NS(C)=O. The summed E-state index contributed by atoms with van der Waals surface area (Å²) < 4.78 is 26.3. The molecule has 3 aromatic rings. The van der Waals surface area contributed by atoms with Crippen LogP contribution in [0.2, 0.25) is 0 Å². The minimum absolute atomic E-state index is 0.202. The van der Waals surface area contributed by atoms with Crippen LogP contribution in [0.3, 0.4) is 0 Å². The van der Waals surface area contributed by atoms with E-state index in [1.807, 2.05) is 25.1 Å². The van der Waals surface area contributed by atoms with Gasteiger partial charge in [-0.05, 0) is 59.9 Å². The summed E-state index contributed by atoms with van der Waals surface area (Å²) in [5, 5.41) is 2.95. The van der Waals surface area contributed by atoms with Gasteiger partial charge in [0.15, 0.2) is 5.75 Å². The first kappa shape index (κ1) is 24.3. The molecule has 0 saturated heterocycles. The van der Waals surface area contributed by atoms with Gasteiger partial charge in [0.05, 0.1) is 18.5 Å². The second-order valence-electron chi connectivity index (χ2n) is 8.63. The number of pyridine rings is 1. The van der Waals surface area contributed by atoms with Gasteiger partial charge in [0.1, 0.15) is 22.5 Å². The molecule has 1 unspecified atom stereocenters. The third kappa shape index (κ3) is 6.10. The van der Waals surface area contributed by atoms with E-state index in [-0.39, 0.29) is 11.3 Å². The van der Waals surface area contributed by atoms with Gasteiger partial charge in [0.2, 0.25) is 0 Å². The van der Waals surface area contributed by atoms with Gasteiger partial charge >= 0.3 is 0 Å². The number of ether oxygens (including phenoxy) is 2. The van der Waals surface area contributed by atoms with Gasteiger partial charge < -0.3 is 19.5 Å². The number of aryl methyl sites for hydroxylation is 1. The highest BCUT2D eigenvalue weighted by atomic mass is 32.2. The van der Waals surface area contributed by atoms with E-state index in [4.69, 9.17) is 9.47 Å². The number of benzene rings is 2. The van der Waals surface area contributed by atoms with E-state index in [9.17, 15) is 9.00 Å². The van der Waals surface area contributed by atoms with E-state index in [0.717, 1.165) is 11.1 Å². The molecule has 1 aromatic heterocycles. The van der Waals surface area contributed by atoms with Crippen LogP contribution < -0.4 is 19.5 Å². The van der Waals surface area contributed by atoms with E-state index in [1.165, 1.54) is 13.4 Å². The predicted octanol–water partition coefficient (Wildman–Crippen LogP) is 5.45. The van der Waals surface area contributed by atoms with Gasteiger partial charge in [-0.2, -0.15) is 0 Å². The van der Waals surface area contributed by atoms with Gasteiger partial charge in [0, 0.05) is 24.2 Å². The van der Waals surface area contributed by atoms with Crippen molar-refractivity contribution in [3.05, 3.63) is 71.5 Å². The maximum Gasteiger partial charge on any atom is 0.255 e. The number of anilines is 2. The fourth-order valence-corrected chi connectivity index (χ4v) is 3.65. The zero-order valence-corrected chi connectivity index (χ0v) is 20.5. The van der Waals surface area contributed by atoms with Gasteiger partial charge in [-0.25, -0.2) is 4.21 Å². The first-order valence-corrected chi connectivity index (χ1v) is 12.0. The molecule has 0 saturated carbocycles. The fraction of sp³-hybridized carbons (Fsp3) is 0.280. The Morgan fingerprint density at radius 3 is 2.30 bits per heavy atom. The summed E-state index contributed by atoms with van der Waals surface area (Å²) in [5.74, 6) is 1.30. The van der Waals surface area contributed by atoms with Crippen molar-refractivity contribution < 1.29 is 18.5 Å². The number of methoxy groups -OCH3 is 1. The van der Waals surface area contributed by atoms with Crippen molar-refractivity contribution in [1.82, 2.24) is 4.98 Å². The van der Waals surface area contributed by atoms with E-state index >= 15 is 0 Å². The zero-order chi connectivity index (χ0) is 24.2. The van der Waals surface area contributed by atoms with Crippen LogP contribution in [0.15, 0.2) is 54.9 Å². The van der Waals surface area contributed by atoms with Crippen molar-refractivity contribution in [2.45, 2.75) is 33.1 Å². The lowest BCUT2D eigenvalue weighted by molar-refractivity contribution is 0.102. The number of carbonyl (C=O) groups is 1. The van der Waals surface area contributed by atoms with E-state index in [1.54, 1.807) is 36.7 Å².